The van der Waals surface area contributed by atoms with E-state index in [9.17, 15) is 19.5 Å². The molecule has 8 nitrogen and oxygen atoms in total. The van der Waals surface area contributed by atoms with Gasteiger partial charge in [0.2, 0.25) is 11.8 Å². The highest BCUT2D eigenvalue weighted by Gasteiger charge is 2.41. The zero-order valence-corrected chi connectivity index (χ0v) is 21.9. The standard InChI is InChI=1S/C25H41N3O5/c1-15-14-17(12-13-18(15)29)19(20(30)27-23(3,4)5)28(24(6,7)8)21(31)16(2)26-22(32)33-25(9,10)11/h12-14,16,19,29H,1-11H3,(H,26,32)(H,27,30). The predicted octanol–water partition coefficient (Wildman–Crippen LogP) is 4.20. The van der Waals surface area contributed by atoms with E-state index < -0.39 is 40.8 Å². The first kappa shape index (κ1) is 28.3. The van der Waals surface area contributed by atoms with Crippen LogP contribution in [0, 0.1) is 6.92 Å². The average molecular weight is 464 g/mol. The number of rotatable bonds is 5. The second-order valence-corrected chi connectivity index (χ2v) is 11.4. The molecule has 0 aliphatic carbocycles. The molecule has 0 spiro atoms. The number of benzene rings is 1. The van der Waals surface area contributed by atoms with Gasteiger partial charge in [0.05, 0.1) is 0 Å². The van der Waals surface area contributed by atoms with E-state index in [1.165, 1.54) is 11.0 Å². The molecule has 186 valence electrons. The molecule has 33 heavy (non-hydrogen) atoms. The fourth-order valence-electron chi connectivity index (χ4n) is 3.30. The Hall–Kier alpha value is -2.77. The van der Waals surface area contributed by atoms with Crippen molar-refractivity contribution in [3.8, 4) is 5.75 Å². The van der Waals surface area contributed by atoms with Crippen molar-refractivity contribution in [1.82, 2.24) is 15.5 Å². The average Bonchev–Trinajstić information content (AvgIpc) is 2.57. The lowest BCUT2D eigenvalue weighted by Gasteiger charge is -2.43. The third kappa shape index (κ3) is 8.59. The number of nitrogens with one attached hydrogen (secondary N) is 2. The van der Waals surface area contributed by atoms with Crippen LogP contribution in [0.5, 0.6) is 5.75 Å². The maximum Gasteiger partial charge on any atom is 0.408 e. The number of hydrogen-bond donors (Lipinski definition) is 3. The van der Waals surface area contributed by atoms with Gasteiger partial charge < -0.3 is 25.4 Å². The van der Waals surface area contributed by atoms with Gasteiger partial charge in [-0.05, 0) is 99.4 Å². The summed E-state index contributed by atoms with van der Waals surface area (Å²) in [7, 11) is 0. The van der Waals surface area contributed by atoms with E-state index in [1.807, 2.05) is 41.5 Å². The van der Waals surface area contributed by atoms with Crippen LogP contribution in [0.4, 0.5) is 4.79 Å². The fourth-order valence-corrected chi connectivity index (χ4v) is 3.30. The largest absolute Gasteiger partial charge is 0.508 e. The zero-order chi connectivity index (χ0) is 25.9. The van der Waals surface area contributed by atoms with Crippen LogP contribution < -0.4 is 10.6 Å². The summed E-state index contributed by atoms with van der Waals surface area (Å²) in [6.45, 7) is 19.6. The van der Waals surface area contributed by atoms with Crippen molar-refractivity contribution in [2.75, 3.05) is 0 Å². The summed E-state index contributed by atoms with van der Waals surface area (Å²) in [5.41, 5.74) is -0.877. The van der Waals surface area contributed by atoms with Crippen LogP contribution in [-0.4, -0.2) is 50.6 Å². The van der Waals surface area contributed by atoms with Crippen LogP contribution in [0.15, 0.2) is 18.2 Å². The molecular formula is C25H41N3O5. The molecule has 1 rings (SSSR count). The predicted molar refractivity (Wildman–Crippen MR) is 129 cm³/mol. The lowest BCUT2D eigenvalue weighted by Crippen LogP contribution is -2.59. The molecule has 1 aromatic rings. The van der Waals surface area contributed by atoms with Crippen molar-refractivity contribution in [3.05, 3.63) is 29.3 Å². The molecular weight excluding hydrogens is 422 g/mol. The van der Waals surface area contributed by atoms with Gasteiger partial charge in [0.1, 0.15) is 23.4 Å². The van der Waals surface area contributed by atoms with Gasteiger partial charge in [0, 0.05) is 11.1 Å². The molecule has 0 heterocycles. The number of carbonyl (C=O) groups is 3. The second kappa shape index (κ2) is 10.0. The SMILES string of the molecule is Cc1cc(C(C(=O)NC(C)(C)C)N(C(=O)C(C)NC(=O)OC(C)(C)C)C(C)(C)C)ccc1O. The van der Waals surface area contributed by atoms with E-state index in [4.69, 9.17) is 4.74 Å². The van der Waals surface area contributed by atoms with Gasteiger partial charge in [-0.3, -0.25) is 9.59 Å². The molecule has 2 unspecified atom stereocenters. The highest BCUT2D eigenvalue weighted by molar-refractivity contribution is 5.92. The number of ether oxygens (including phenoxy) is 1. The summed E-state index contributed by atoms with van der Waals surface area (Å²) >= 11 is 0. The van der Waals surface area contributed by atoms with E-state index in [0.29, 0.717) is 11.1 Å². The van der Waals surface area contributed by atoms with Crippen molar-refractivity contribution in [2.45, 2.75) is 105 Å². The Labute approximate surface area is 198 Å². The monoisotopic (exact) mass is 463 g/mol. The zero-order valence-electron chi connectivity index (χ0n) is 21.9. The summed E-state index contributed by atoms with van der Waals surface area (Å²) in [4.78, 5) is 40.9. The van der Waals surface area contributed by atoms with Gasteiger partial charge in [-0.25, -0.2) is 4.79 Å². The molecule has 8 heteroatoms. The summed E-state index contributed by atoms with van der Waals surface area (Å²) in [5.74, 6) is -0.698. The van der Waals surface area contributed by atoms with Crippen LogP contribution >= 0.6 is 0 Å². The third-order valence-electron chi connectivity index (χ3n) is 4.61. The number of hydrogen-bond acceptors (Lipinski definition) is 5. The van der Waals surface area contributed by atoms with Crippen molar-refractivity contribution in [2.24, 2.45) is 0 Å². The van der Waals surface area contributed by atoms with E-state index in [-0.39, 0.29) is 11.7 Å². The number of phenols is 1. The van der Waals surface area contributed by atoms with E-state index >= 15 is 0 Å². The number of carbonyl (C=O) groups excluding carboxylic acids is 3. The number of aryl methyl sites for hydroxylation is 1. The maximum absolute atomic E-state index is 13.7. The number of alkyl carbamates (subject to hydrolysis) is 1. The maximum atomic E-state index is 13.7. The Balaban J connectivity index is 3.48. The lowest BCUT2D eigenvalue weighted by atomic mass is 9.94. The quantitative estimate of drug-likeness (QED) is 0.607. The van der Waals surface area contributed by atoms with Gasteiger partial charge in [-0.2, -0.15) is 0 Å². The molecule has 0 aliphatic heterocycles. The number of nitrogens with zero attached hydrogens (tertiary/aromatic N) is 1. The van der Waals surface area contributed by atoms with Crippen molar-refractivity contribution in [1.29, 1.82) is 0 Å². The molecule has 0 aromatic heterocycles. The summed E-state index contributed by atoms with van der Waals surface area (Å²) in [6.07, 6.45) is -0.714. The van der Waals surface area contributed by atoms with Crippen LogP contribution in [0.25, 0.3) is 0 Å². The number of amides is 3. The summed E-state index contributed by atoms with van der Waals surface area (Å²) in [6, 6.07) is 2.91. The Bertz CT molecular complexity index is 875. The molecule has 2 atom stereocenters. The van der Waals surface area contributed by atoms with Crippen LogP contribution in [0.1, 0.15) is 86.4 Å². The Kier molecular flexibility index (Phi) is 8.58. The molecule has 3 amide bonds. The Morgan fingerprint density at radius 2 is 1.55 bits per heavy atom. The van der Waals surface area contributed by atoms with Crippen LogP contribution in [0.2, 0.25) is 0 Å². The van der Waals surface area contributed by atoms with Crippen molar-refractivity contribution in [3.63, 3.8) is 0 Å². The van der Waals surface area contributed by atoms with Gasteiger partial charge in [-0.1, -0.05) is 6.07 Å². The molecule has 0 saturated carbocycles. The minimum atomic E-state index is -0.987. The van der Waals surface area contributed by atoms with Crippen LogP contribution in [0.3, 0.4) is 0 Å². The van der Waals surface area contributed by atoms with Crippen molar-refractivity contribution < 1.29 is 24.2 Å². The van der Waals surface area contributed by atoms with E-state index in [0.717, 1.165) is 0 Å². The van der Waals surface area contributed by atoms with Crippen molar-refractivity contribution >= 4 is 17.9 Å². The van der Waals surface area contributed by atoms with Crippen LogP contribution in [-0.2, 0) is 14.3 Å². The minimum Gasteiger partial charge on any atom is -0.508 e. The van der Waals surface area contributed by atoms with Gasteiger partial charge in [-0.15, -0.1) is 0 Å². The fraction of sp³-hybridized carbons (Fsp3) is 0.640. The number of aromatic hydroxyl groups is 1. The topological polar surface area (TPSA) is 108 Å². The summed E-state index contributed by atoms with van der Waals surface area (Å²) < 4.78 is 5.28. The molecule has 0 saturated heterocycles. The molecule has 0 radical (unpaired) electrons. The molecule has 0 bridgehead atoms. The second-order valence-electron chi connectivity index (χ2n) is 11.4. The minimum absolute atomic E-state index is 0.0994. The first-order valence-electron chi connectivity index (χ1n) is 11.2. The summed E-state index contributed by atoms with van der Waals surface area (Å²) in [5, 5.41) is 15.5. The Morgan fingerprint density at radius 1 is 1.00 bits per heavy atom. The first-order valence-corrected chi connectivity index (χ1v) is 11.2. The van der Waals surface area contributed by atoms with Gasteiger partial charge in [0.15, 0.2) is 0 Å². The molecule has 0 aliphatic rings. The molecule has 0 fully saturated rings. The lowest BCUT2D eigenvalue weighted by molar-refractivity contribution is -0.148. The molecule has 3 N–H and O–H groups in total. The first-order chi connectivity index (χ1) is 14.7. The molecule has 1 aromatic carbocycles. The highest BCUT2D eigenvalue weighted by atomic mass is 16.6. The van der Waals surface area contributed by atoms with E-state index in [2.05, 4.69) is 10.6 Å². The van der Waals surface area contributed by atoms with E-state index in [1.54, 1.807) is 46.8 Å². The smallest absolute Gasteiger partial charge is 0.408 e. The highest BCUT2D eigenvalue weighted by Crippen LogP contribution is 2.32. The van der Waals surface area contributed by atoms with Gasteiger partial charge >= 0.3 is 6.09 Å². The van der Waals surface area contributed by atoms with Gasteiger partial charge in [0.25, 0.3) is 0 Å². The number of phenolic OH excluding ortho intramolecular Hbond substituents is 1. The Morgan fingerprint density at radius 3 is 1.97 bits per heavy atom. The normalized spacial score (nSPS) is 14.2. The third-order valence-corrected chi connectivity index (χ3v) is 4.61.